The fourth-order valence-corrected chi connectivity index (χ4v) is 3.01. The maximum Gasteiger partial charge on any atom is 0.119 e. The maximum atomic E-state index is 6.37. The maximum absolute atomic E-state index is 6.37. The predicted octanol–water partition coefficient (Wildman–Crippen LogP) is 3.55. The number of ether oxygens (including phenoxy) is 2. The van der Waals surface area contributed by atoms with Crippen molar-refractivity contribution in [1.29, 1.82) is 0 Å². The van der Waals surface area contributed by atoms with Gasteiger partial charge in [0.15, 0.2) is 0 Å². The van der Waals surface area contributed by atoms with Gasteiger partial charge in [-0.15, -0.1) is 0 Å². The first-order chi connectivity index (χ1) is 9.72. The van der Waals surface area contributed by atoms with Crippen LogP contribution in [0.1, 0.15) is 44.3 Å². The molecule has 112 valence electrons. The van der Waals surface area contributed by atoms with Gasteiger partial charge >= 0.3 is 0 Å². The van der Waals surface area contributed by atoms with Crippen molar-refractivity contribution in [2.24, 2.45) is 5.92 Å². The van der Waals surface area contributed by atoms with Crippen molar-refractivity contribution in [2.75, 3.05) is 20.7 Å². The minimum Gasteiger partial charge on any atom is -0.497 e. The number of benzene rings is 1. The first kappa shape index (κ1) is 15.3. The van der Waals surface area contributed by atoms with Crippen LogP contribution in [0.25, 0.3) is 0 Å². The quantitative estimate of drug-likeness (QED) is 0.862. The van der Waals surface area contributed by atoms with Crippen LogP contribution in [0, 0.1) is 5.92 Å². The van der Waals surface area contributed by atoms with Gasteiger partial charge in [-0.2, -0.15) is 0 Å². The number of rotatable bonds is 6. The fraction of sp³-hybridized carbons (Fsp3) is 0.647. The molecule has 0 saturated heterocycles. The summed E-state index contributed by atoms with van der Waals surface area (Å²) >= 11 is 0. The molecule has 0 aromatic heterocycles. The lowest BCUT2D eigenvalue weighted by atomic mass is 9.88. The Balaban J connectivity index is 2.05. The summed E-state index contributed by atoms with van der Waals surface area (Å²) < 4.78 is 11.7. The Bertz CT molecular complexity index is 408. The minimum atomic E-state index is 0.102. The summed E-state index contributed by atoms with van der Waals surface area (Å²) in [5.74, 6) is 1.68. The molecule has 1 fully saturated rings. The molecule has 1 saturated carbocycles. The Hall–Kier alpha value is -1.06. The van der Waals surface area contributed by atoms with E-state index in [1.165, 1.54) is 31.2 Å². The molecule has 0 aliphatic heterocycles. The van der Waals surface area contributed by atoms with E-state index < -0.39 is 0 Å². The largest absolute Gasteiger partial charge is 0.497 e. The smallest absolute Gasteiger partial charge is 0.119 e. The SMILES string of the molecule is CNCC(OC1CCCC(C)C1)c1cccc(OC)c1. The number of hydrogen-bond donors (Lipinski definition) is 1. The van der Waals surface area contributed by atoms with Crippen molar-refractivity contribution in [2.45, 2.75) is 44.8 Å². The fourth-order valence-electron chi connectivity index (χ4n) is 3.01. The lowest BCUT2D eigenvalue weighted by Gasteiger charge is -2.31. The van der Waals surface area contributed by atoms with Crippen LogP contribution >= 0.6 is 0 Å². The lowest BCUT2D eigenvalue weighted by molar-refractivity contribution is -0.0389. The summed E-state index contributed by atoms with van der Waals surface area (Å²) in [6, 6.07) is 8.21. The van der Waals surface area contributed by atoms with Crippen LogP contribution in [0.3, 0.4) is 0 Å². The van der Waals surface area contributed by atoms with Crippen LogP contribution in [-0.4, -0.2) is 26.8 Å². The van der Waals surface area contributed by atoms with Crippen LogP contribution in [-0.2, 0) is 4.74 Å². The van der Waals surface area contributed by atoms with Gasteiger partial charge in [0.1, 0.15) is 5.75 Å². The minimum absolute atomic E-state index is 0.102. The van der Waals surface area contributed by atoms with Crippen molar-refractivity contribution in [3.63, 3.8) is 0 Å². The molecule has 3 nitrogen and oxygen atoms in total. The number of hydrogen-bond acceptors (Lipinski definition) is 3. The number of likely N-dealkylation sites (N-methyl/N-ethyl adjacent to an activating group) is 1. The van der Waals surface area contributed by atoms with Gasteiger partial charge < -0.3 is 14.8 Å². The molecule has 2 rings (SSSR count). The third-order valence-corrected chi connectivity index (χ3v) is 4.10. The van der Waals surface area contributed by atoms with E-state index in [4.69, 9.17) is 9.47 Å². The summed E-state index contributed by atoms with van der Waals surface area (Å²) in [5, 5.41) is 3.24. The van der Waals surface area contributed by atoms with Gasteiger partial charge in [-0.05, 0) is 43.5 Å². The van der Waals surface area contributed by atoms with Gasteiger partial charge in [0, 0.05) is 6.54 Å². The van der Waals surface area contributed by atoms with Gasteiger partial charge in [-0.3, -0.25) is 0 Å². The highest BCUT2D eigenvalue weighted by atomic mass is 16.5. The normalized spacial score (nSPS) is 24.4. The van der Waals surface area contributed by atoms with Crippen LogP contribution in [0.2, 0.25) is 0 Å². The van der Waals surface area contributed by atoms with E-state index in [9.17, 15) is 0 Å². The molecule has 3 atom stereocenters. The molecule has 0 amide bonds. The second kappa shape index (κ2) is 7.65. The summed E-state index contributed by atoms with van der Waals surface area (Å²) in [6.07, 6.45) is 5.50. The molecule has 1 N–H and O–H groups in total. The van der Waals surface area contributed by atoms with E-state index in [0.717, 1.165) is 18.2 Å². The van der Waals surface area contributed by atoms with E-state index in [2.05, 4.69) is 24.4 Å². The Morgan fingerprint density at radius 2 is 2.20 bits per heavy atom. The summed E-state index contributed by atoms with van der Waals surface area (Å²) in [5.41, 5.74) is 1.19. The summed E-state index contributed by atoms with van der Waals surface area (Å²) in [7, 11) is 3.68. The van der Waals surface area contributed by atoms with Crippen LogP contribution in [0.15, 0.2) is 24.3 Å². The van der Waals surface area contributed by atoms with Gasteiger partial charge in [-0.1, -0.05) is 31.9 Å². The Morgan fingerprint density at radius 3 is 2.90 bits per heavy atom. The number of methoxy groups -OCH3 is 1. The number of nitrogens with one attached hydrogen (secondary N) is 1. The van der Waals surface area contributed by atoms with Crippen LogP contribution in [0.5, 0.6) is 5.75 Å². The average molecular weight is 277 g/mol. The van der Waals surface area contributed by atoms with E-state index in [-0.39, 0.29) is 6.10 Å². The zero-order chi connectivity index (χ0) is 14.4. The molecule has 0 bridgehead atoms. The van der Waals surface area contributed by atoms with Crippen molar-refractivity contribution in [3.8, 4) is 5.75 Å². The molecule has 3 heteroatoms. The zero-order valence-corrected chi connectivity index (χ0v) is 12.9. The van der Waals surface area contributed by atoms with Gasteiger partial charge in [-0.25, -0.2) is 0 Å². The standard InChI is InChI=1S/C17H27NO2/c1-13-6-4-9-16(10-13)20-17(12-18-2)14-7-5-8-15(11-14)19-3/h5,7-8,11,13,16-18H,4,6,9-10,12H2,1-3H3. The van der Waals surface area contributed by atoms with E-state index in [0.29, 0.717) is 6.10 Å². The highest BCUT2D eigenvalue weighted by Gasteiger charge is 2.23. The molecular weight excluding hydrogens is 250 g/mol. The summed E-state index contributed by atoms with van der Waals surface area (Å²) in [4.78, 5) is 0. The van der Waals surface area contributed by atoms with Crippen molar-refractivity contribution in [3.05, 3.63) is 29.8 Å². The zero-order valence-electron chi connectivity index (χ0n) is 12.9. The van der Waals surface area contributed by atoms with Crippen molar-refractivity contribution >= 4 is 0 Å². The monoisotopic (exact) mass is 277 g/mol. The van der Waals surface area contributed by atoms with Gasteiger partial charge in [0.05, 0.1) is 19.3 Å². The predicted molar refractivity (Wildman–Crippen MR) is 82.2 cm³/mol. The summed E-state index contributed by atoms with van der Waals surface area (Å²) in [6.45, 7) is 3.16. The third kappa shape index (κ3) is 4.22. The van der Waals surface area contributed by atoms with Crippen LogP contribution in [0.4, 0.5) is 0 Å². The van der Waals surface area contributed by atoms with E-state index in [1.54, 1.807) is 7.11 Å². The first-order valence-electron chi connectivity index (χ1n) is 7.67. The topological polar surface area (TPSA) is 30.5 Å². The van der Waals surface area contributed by atoms with E-state index >= 15 is 0 Å². The van der Waals surface area contributed by atoms with E-state index in [1.807, 2.05) is 19.2 Å². The highest BCUT2D eigenvalue weighted by molar-refractivity contribution is 5.30. The average Bonchev–Trinajstić information content (AvgIpc) is 2.47. The molecule has 1 aliphatic carbocycles. The Labute approximate surface area is 122 Å². The molecular formula is C17H27NO2. The highest BCUT2D eigenvalue weighted by Crippen LogP contribution is 2.30. The van der Waals surface area contributed by atoms with Crippen molar-refractivity contribution in [1.82, 2.24) is 5.32 Å². The third-order valence-electron chi connectivity index (χ3n) is 4.10. The molecule has 0 radical (unpaired) electrons. The Kier molecular flexibility index (Phi) is 5.86. The second-order valence-electron chi connectivity index (χ2n) is 5.85. The molecule has 1 aromatic rings. The van der Waals surface area contributed by atoms with Gasteiger partial charge in [0.25, 0.3) is 0 Å². The molecule has 1 aromatic carbocycles. The van der Waals surface area contributed by atoms with Gasteiger partial charge in [0.2, 0.25) is 0 Å². The van der Waals surface area contributed by atoms with Crippen molar-refractivity contribution < 1.29 is 9.47 Å². The molecule has 1 aliphatic rings. The first-order valence-corrected chi connectivity index (χ1v) is 7.67. The molecule has 0 spiro atoms. The molecule has 3 unspecified atom stereocenters. The Morgan fingerprint density at radius 1 is 1.35 bits per heavy atom. The van der Waals surface area contributed by atoms with Crippen LogP contribution < -0.4 is 10.1 Å². The molecule has 0 heterocycles. The molecule has 20 heavy (non-hydrogen) atoms. The second-order valence-corrected chi connectivity index (χ2v) is 5.85. The lowest BCUT2D eigenvalue weighted by Crippen LogP contribution is -2.28.